The Balaban J connectivity index is 2.38. The smallest absolute Gasteiger partial charge is 0.285 e. The molecule has 0 amide bonds. The van der Waals surface area contributed by atoms with Crippen molar-refractivity contribution >= 4 is 22.2 Å². The molecule has 0 saturated carbocycles. The number of hydrazone groups is 1. The molecular formula is C15H19N5O2S. The first-order valence-corrected chi connectivity index (χ1v) is 8.63. The summed E-state index contributed by atoms with van der Waals surface area (Å²) in [6, 6.07) is 7.71. The molecule has 0 bridgehead atoms. The van der Waals surface area contributed by atoms with Gasteiger partial charge in [-0.25, -0.2) is 5.01 Å². The van der Waals surface area contributed by atoms with Gasteiger partial charge in [-0.15, -0.1) is 4.40 Å². The summed E-state index contributed by atoms with van der Waals surface area (Å²) in [5.41, 5.74) is 0.118. The van der Waals surface area contributed by atoms with E-state index in [1.54, 1.807) is 12.3 Å². The van der Waals surface area contributed by atoms with Crippen LogP contribution in [0.2, 0.25) is 0 Å². The van der Waals surface area contributed by atoms with E-state index in [0.29, 0.717) is 13.1 Å². The maximum Gasteiger partial charge on any atom is 0.285 e. The number of hydrogen-bond donors (Lipinski definition) is 1. The number of benzene rings is 1. The molecule has 1 N–H and O–H groups in total. The van der Waals surface area contributed by atoms with E-state index < -0.39 is 10.0 Å². The van der Waals surface area contributed by atoms with Gasteiger partial charge in [0.05, 0.1) is 23.1 Å². The molecule has 1 aromatic rings. The van der Waals surface area contributed by atoms with Gasteiger partial charge in [0.1, 0.15) is 0 Å². The van der Waals surface area contributed by atoms with E-state index in [2.05, 4.69) is 14.8 Å². The van der Waals surface area contributed by atoms with Crippen molar-refractivity contribution in [3.63, 3.8) is 0 Å². The van der Waals surface area contributed by atoms with Gasteiger partial charge in [0, 0.05) is 18.2 Å². The fraction of sp³-hybridized carbons (Fsp3) is 0.400. The van der Waals surface area contributed by atoms with Gasteiger partial charge in [-0.05, 0) is 25.1 Å². The van der Waals surface area contributed by atoms with Crippen LogP contribution >= 0.6 is 0 Å². The van der Waals surface area contributed by atoms with E-state index in [0.717, 1.165) is 0 Å². The molecule has 2 rings (SSSR count). The number of hydrogen-bond acceptors (Lipinski definition) is 4. The highest BCUT2D eigenvalue weighted by Gasteiger charge is 2.29. The van der Waals surface area contributed by atoms with Gasteiger partial charge in [0.15, 0.2) is 0 Å². The molecule has 23 heavy (non-hydrogen) atoms. The van der Waals surface area contributed by atoms with Crippen LogP contribution in [0.1, 0.15) is 26.3 Å². The summed E-state index contributed by atoms with van der Waals surface area (Å²) in [4.78, 5) is -0.0191. The van der Waals surface area contributed by atoms with E-state index in [-0.39, 0.29) is 21.8 Å². The van der Waals surface area contributed by atoms with Gasteiger partial charge in [0.25, 0.3) is 10.0 Å². The zero-order valence-electron chi connectivity index (χ0n) is 13.3. The lowest BCUT2D eigenvalue weighted by molar-refractivity contribution is 0.376. The molecule has 0 unspecified atom stereocenters. The first kappa shape index (κ1) is 17.0. The first-order valence-electron chi connectivity index (χ1n) is 7.19. The van der Waals surface area contributed by atoms with E-state index in [1.807, 2.05) is 26.8 Å². The second-order valence-electron chi connectivity index (χ2n) is 5.85. The molecule has 0 radical (unpaired) electrons. The van der Waals surface area contributed by atoms with Crippen LogP contribution in [0.25, 0.3) is 0 Å². The van der Waals surface area contributed by atoms with E-state index in [4.69, 9.17) is 5.26 Å². The number of guanidine groups is 1. The molecule has 0 aromatic heterocycles. The molecule has 122 valence electrons. The Morgan fingerprint density at radius 2 is 2.26 bits per heavy atom. The van der Waals surface area contributed by atoms with Crippen LogP contribution in [-0.2, 0) is 10.0 Å². The van der Waals surface area contributed by atoms with E-state index in [9.17, 15) is 8.42 Å². The number of nitrogens with one attached hydrogen (secondary N) is 1. The van der Waals surface area contributed by atoms with E-state index >= 15 is 0 Å². The van der Waals surface area contributed by atoms with Gasteiger partial charge in [-0.2, -0.15) is 18.8 Å². The predicted octanol–water partition coefficient (Wildman–Crippen LogP) is 1.54. The van der Waals surface area contributed by atoms with Crippen molar-refractivity contribution in [2.45, 2.75) is 25.7 Å². The van der Waals surface area contributed by atoms with Crippen molar-refractivity contribution in [2.24, 2.45) is 14.9 Å². The molecule has 0 spiro atoms. The topological polar surface area (TPSA) is 97.9 Å². The average Bonchev–Trinajstić information content (AvgIpc) is 2.87. The minimum Gasteiger partial charge on any atom is -0.354 e. The normalized spacial score (nSPS) is 17.1. The quantitative estimate of drug-likeness (QED) is 0.668. The molecular weight excluding hydrogens is 314 g/mol. The molecule has 0 atom stereocenters. The Labute approximate surface area is 136 Å². The summed E-state index contributed by atoms with van der Waals surface area (Å²) in [7, 11) is -3.93. The summed E-state index contributed by atoms with van der Waals surface area (Å²) in [5.74, 6) is 0.177. The van der Waals surface area contributed by atoms with Gasteiger partial charge < -0.3 is 5.32 Å². The minimum atomic E-state index is -3.93. The third kappa shape index (κ3) is 4.07. The summed E-state index contributed by atoms with van der Waals surface area (Å²) < 4.78 is 28.8. The van der Waals surface area contributed by atoms with Gasteiger partial charge in [-0.3, -0.25) is 0 Å². The van der Waals surface area contributed by atoms with Gasteiger partial charge >= 0.3 is 0 Å². The largest absolute Gasteiger partial charge is 0.354 e. The Morgan fingerprint density at radius 1 is 1.52 bits per heavy atom. The molecule has 0 aliphatic carbocycles. The van der Waals surface area contributed by atoms with Crippen LogP contribution in [0.5, 0.6) is 0 Å². The highest BCUT2D eigenvalue weighted by Crippen LogP contribution is 2.21. The summed E-state index contributed by atoms with van der Waals surface area (Å²) >= 11 is 0. The van der Waals surface area contributed by atoms with Crippen LogP contribution in [-0.4, -0.2) is 38.7 Å². The molecule has 0 saturated heterocycles. The lowest BCUT2D eigenvalue weighted by atomic mass is 9.97. The van der Waals surface area contributed by atoms with Crippen molar-refractivity contribution in [1.82, 2.24) is 10.3 Å². The second-order valence-corrected chi connectivity index (χ2v) is 7.45. The number of rotatable bonds is 3. The predicted molar refractivity (Wildman–Crippen MR) is 88.4 cm³/mol. The zero-order valence-corrected chi connectivity index (χ0v) is 14.1. The molecule has 7 nitrogen and oxygen atoms in total. The lowest BCUT2D eigenvalue weighted by Gasteiger charge is -2.21. The third-order valence-corrected chi connectivity index (χ3v) is 4.41. The molecule has 0 fully saturated rings. The standard InChI is InChI=1S/C15H19N5O2S/c1-4-17-14(20-11-15(2,3)10-18-20)19-23(21,22)13-7-5-6-12(8-13)9-16/h5-8,10H,4,11H2,1-3H3,(H,17,19). The third-order valence-electron chi connectivity index (χ3n) is 3.15. The summed E-state index contributed by atoms with van der Waals surface area (Å²) in [6.45, 7) is 6.91. The molecule has 1 aromatic carbocycles. The first-order chi connectivity index (χ1) is 10.8. The maximum absolute atomic E-state index is 12.5. The second kappa shape index (κ2) is 6.38. The molecule has 1 aliphatic rings. The number of nitriles is 1. The SMILES string of the molecule is CCN/C(=N/S(=O)(=O)c1cccc(C#N)c1)N1CC(C)(C)C=N1. The maximum atomic E-state index is 12.5. The lowest BCUT2D eigenvalue weighted by Crippen LogP contribution is -2.39. The highest BCUT2D eigenvalue weighted by atomic mass is 32.2. The minimum absolute atomic E-state index is 0.0191. The van der Waals surface area contributed by atoms with Crippen LogP contribution in [0.15, 0.2) is 38.7 Å². The average molecular weight is 333 g/mol. The summed E-state index contributed by atoms with van der Waals surface area (Å²) in [5, 5.41) is 17.6. The van der Waals surface area contributed by atoms with Gasteiger partial charge in [-0.1, -0.05) is 19.9 Å². The van der Waals surface area contributed by atoms with Crippen molar-refractivity contribution in [1.29, 1.82) is 5.26 Å². The van der Waals surface area contributed by atoms with E-state index in [1.165, 1.54) is 23.2 Å². The number of sulfonamides is 1. The Hall–Kier alpha value is -2.40. The van der Waals surface area contributed by atoms with Crippen molar-refractivity contribution in [2.75, 3.05) is 13.1 Å². The van der Waals surface area contributed by atoms with Crippen LogP contribution in [0.3, 0.4) is 0 Å². The fourth-order valence-corrected chi connectivity index (χ4v) is 3.06. The molecule has 1 heterocycles. The van der Waals surface area contributed by atoms with Crippen LogP contribution < -0.4 is 5.32 Å². The van der Waals surface area contributed by atoms with Crippen LogP contribution in [0, 0.1) is 16.7 Å². The number of nitrogens with zero attached hydrogens (tertiary/aromatic N) is 4. The van der Waals surface area contributed by atoms with Crippen LogP contribution in [0.4, 0.5) is 0 Å². The van der Waals surface area contributed by atoms with Crippen molar-refractivity contribution < 1.29 is 8.42 Å². The Kier molecular flexibility index (Phi) is 4.71. The highest BCUT2D eigenvalue weighted by molar-refractivity contribution is 7.90. The molecule has 1 aliphatic heterocycles. The monoisotopic (exact) mass is 333 g/mol. The van der Waals surface area contributed by atoms with Crippen molar-refractivity contribution in [3.05, 3.63) is 29.8 Å². The summed E-state index contributed by atoms with van der Waals surface area (Å²) in [6.07, 6.45) is 1.77. The van der Waals surface area contributed by atoms with Gasteiger partial charge in [0.2, 0.25) is 5.96 Å². The van der Waals surface area contributed by atoms with Crippen molar-refractivity contribution in [3.8, 4) is 6.07 Å². The zero-order chi connectivity index (χ0) is 17.1. The fourth-order valence-electron chi connectivity index (χ4n) is 2.04. The Morgan fingerprint density at radius 3 is 2.83 bits per heavy atom. The Bertz CT molecular complexity index is 790. The molecule has 8 heteroatoms.